The standard InChI is InChI=1S/C13H20N2O3/c1-18-12(16)9-15-8-11(7-14)13(17)10-5-3-2-4-6-10/h2-6,11,13,15,17H,7-9,14H2,1H3. The Bertz CT molecular complexity index is 357. The maximum Gasteiger partial charge on any atom is 0.319 e. The number of nitrogens with two attached hydrogens (primary N) is 1. The molecule has 1 aromatic rings. The fourth-order valence-electron chi connectivity index (χ4n) is 1.68. The number of rotatable bonds is 7. The zero-order chi connectivity index (χ0) is 13.4. The van der Waals surface area contributed by atoms with Crippen LogP contribution >= 0.6 is 0 Å². The minimum absolute atomic E-state index is 0.120. The minimum Gasteiger partial charge on any atom is -0.468 e. The van der Waals surface area contributed by atoms with Crippen LogP contribution in [0.15, 0.2) is 30.3 Å². The third-order valence-electron chi connectivity index (χ3n) is 2.79. The molecule has 2 unspecified atom stereocenters. The number of hydrogen-bond acceptors (Lipinski definition) is 5. The lowest BCUT2D eigenvalue weighted by Gasteiger charge is -2.22. The van der Waals surface area contributed by atoms with Crippen molar-refractivity contribution in [2.45, 2.75) is 6.10 Å². The van der Waals surface area contributed by atoms with Gasteiger partial charge >= 0.3 is 5.97 Å². The molecule has 0 aliphatic heterocycles. The van der Waals surface area contributed by atoms with E-state index in [2.05, 4.69) is 10.1 Å². The molecule has 5 heteroatoms. The molecule has 1 rings (SSSR count). The van der Waals surface area contributed by atoms with Crippen LogP contribution in [-0.4, -0.2) is 37.8 Å². The second-order valence-corrected chi connectivity index (χ2v) is 4.06. The van der Waals surface area contributed by atoms with Crippen molar-refractivity contribution in [3.05, 3.63) is 35.9 Å². The van der Waals surface area contributed by atoms with Crippen molar-refractivity contribution in [3.63, 3.8) is 0 Å². The normalized spacial score (nSPS) is 13.9. The predicted octanol–water partition coefficient (Wildman–Crippen LogP) is 0.0575. The number of ether oxygens (including phenoxy) is 1. The van der Waals surface area contributed by atoms with Crippen LogP contribution in [-0.2, 0) is 9.53 Å². The molecule has 0 fully saturated rings. The Hall–Kier alpha value is -1.43. The summed E-state index contributed by atoms with van der Waals surface area (Å²) in [5.41, 5.74) is 6.47. The van der Waals surface area contributed by atoms with E-state index in [1.807, 2.05) is 30.3 Å². The van der Waals surface area contributed by atoms with Crippen LogP contribution in [0.2, 0.25) is 0 Å². The predicted molar refractivity (Wildman–Crippen MR) is 68.8 cm³/mol. The monoisotopic (exact) mass is 252 g/mol. The summed E-state index contributed by atoms with van der Waals surface area (Å²) in [6.07, 6.45) is -0.638. The summed E-state index contributed by atoms with van der Waals surface area (Å²) >= 11 is 0. The smallest absolute Gasteiger partial charge is 0.319 e. The average Bonchev–Trinajstić information content (AvgIpc) is 2.43. The Morgan fingerprint density at radius 1 is 1.44 bits per heavy atom. The third-order valence-corrected chi connectivity index (χ3v) is 2.79. The van der Waals surface area contributed by atoms with Crippen molar-refractivity contribution in [2.24, 2.45) is 11.7 Å². The molecule has 2 atom stereocenters. The van der Waals surface area contributed by atoms with E-state index in [0.717, 1.165) is 5.56 Å². The lowest BCUT2D eigenvalue weighted by Crippen LogP contribution is -2.35. The minimum atomic E-state index is -0.638. The van der Waals surface area contributed by atoms with Crippen LogP contribution in [0.4, 0.5) is 0 Å². The SMILES string of the molecule is COC(=O)CNCC(CN)C(O)c1ccccc1. The van der Waals surface area contributed by atoms with Crippen molar-refractivity contribution in [2.75, 3.05) is 26.7 Å². The molecule has 0 aromatic heterocycles. The van der Waals surface area contributed by atoms with Crippen molar-refractivity contribution in [1.29, 1.82) is 0 Å². The molecule has 0 heterocycles. The molecule has 0 radical (unpaired) electrons. The second-order valence-electron chi connectivity index (χ2n) is 4.06. The van der Waals surface area contributed by atoms with Gasteiger partial charge in [-0.05, 0) is 12.1 Å². The Morgan fingerprint density at radius 3 is 2.67 bits per heavy atom. The lowest BCUT2D eigenvalue weighted by atomic mass is 9.96. The van der Waals surface area contributed by atoms with Crippen molar-refractivity contribution in [3.8, 4) is 0 Å². The Kier molecular flexibility index (Phi) is 6.35. The van der Waals surface area contributed by atoms with Crippen LogP contribution < -0.4 is 11.1 Å². The van der Waals surface area contributed by atoms with Gasteiger partial charge in [0.15, 0.2) is 0 Å². The van der Waals surface area contributed by atoms with E-state index >= 15 is 0 Å². The zero-order valence-corrected chi connectivity index (χ0v) is 10.5. The maximum absolute atomic E-state index is 10.9. The summed E-state index contributed by atoms with van der Waals surface area (Å²) in [4.78, 5) is 10.9. The van der Waals surface area contributed by atoms with Crippen molar-refractivity contribution >= 4 is 5.97 Å². The van der Waals surface area contributed by atoms with Gasteiger partial charge in [-0.25, -0.2) is 0 Å². The fraction of sp³-hybridized carbons (Fsp3) is 0.462. The molecule has 0 amide bonds. The first-order valence-corrected chi connectivity index (χ1v) is 5.89. The van der Waals surface area contributed by atoms with Gasteiger partial charge in [0, 0.05) is 12.5 Å². The molecule has 0 saturated heterocycles. The molecule has 0 spiro atoms. The summed E-state index contributed by atoms with van der Waals surface area (Å²) in [5.74, 6) is -0.475. The van der Waals surface area contributed by atoms with Crippen LogP contribution in [0.1, 0.15) is 11.7 Å². The van der Waals surface area contributed by atoms with Gasteiger partial charge in [-0.1, -0.05) is 30.3 Å². The molecule has 0 aliphatic carbocycles. The number of carbonyl (C=O) groups is 1. The van der Waals surface area contributed by atoms with E-state index in [1.165, 1.54) is 7.11 Å². The Labute approximate surface area is 107 Å². The third kappa shape index (κ3) is 4.44. The van der Waals surface area contributed by atoms with Gasteiger partial charge in [0.05, 0.1) is 19.8 Å². The Morgan fingerprint density at radius 2 is 2.11 bits per heavy atom. The molecule has 1 aromatic carbocycles. The first-order valence-electron chi connectivity index (χ1n) is 5.89. The highest BCUT2D eigenvalue weighted by Crippen LogP contribution is 2.20. The van der Waals surface area contributed by atoms with Gasteiger partial charge in [0.25, 0.3) is 0 Å². The number of esters is 1. The summed E-state index contributed by atoms with van der Waals surface area (Å²) in [5, 5.41) is 13.1. The van der Waals surface area contributed by atoms with Crippen LogP contribution in [0.25, 0.3) is 0 Å². The lowest BCUT2D eigenvalue weighted by molar-refractivity contribution is -0.139. The number of benzene rings is 1. The molecule has 100 valence electrons. The number of nitrogens with one attached hydrogen (secondary N) is 1. The number of carbonyl (C=O) groups excluding carboxylic acids is 1. The highest BCUT2D eigenvalue weighted by molar-refractivity contribution is 5.71. The summed E-state index contributed by atoms with van der Waals surface area (Å²) in [7, 11) is 1.34. The van der Waals surface area contributed by atoms with E-state index in [4.69, 9.17) is 5.73 Å². The molecule has 5 nitrogen and oxygen atoms in total. The largest absolute Gasteiger partial charge is 0.468 e. The molecule has 0 bridgehead atoms. The summed E-state index contributed by atoms with van der Waals surface area (Å²) < 4.78 is 4.52. The number of methoxy groups -OCH3 is 1. The van der Waals surface area contributed by atoms with Crippen LogP contribution in [0.3, 0.4) is 0 Å². The van der Waals surface area contributed by atoms with E-state index in [0.29, 0.717) is 13.1 Å². The van der Waals surface area contributed by atoms with Gasteiger partial charge in [0.1, 0.15) is 0 Å². The van der Waals surface area contributed by atoms with E-state index in [1.54, 1.807) is 0 Å². The molecule has 4 N–H and O–H groups in total. The van der Waals surface area contributed by atoms with Crippen molar-refractivity contribution < 1.29 is 14.6 Å². The highest BCUT2D eigenvalue weighted by atomic mass is 16.5. The highest BCUT2D eigenvalue weighted by Gasteiger charge is 2.19. The number of hydrogen-bond donors (Lipinski definition) is 3. The van der Waals surface area contributed by atoms with E-state index in [9.17, 15) is 9.90 Å². The summed E-state index contributed by atoms with van der Waals surface area (Å²) in [6.45, 7) is 0.917. The zero-order valence-electron chi connectivity index (χ0n) is 10.5. The van der Waals surface area contributed by atoms with Gasteiger partial charge in [-0.3, -0.25) is 4.79 Å². The number of aliphatic hydroxyl groups excluding tert-OH is 1. The molecular formula is C13H20N2O3. The topological polar surface area (TPSA) is 84.6 Å². The first-order chi connectivity index (χ1) is 8.69. The molecule has 18 heavy (non-hydrogen) atoms. The maximum atomic E-state index is 10.9. The molecule has 0 saturated carbocycles. The van der Waals surface area contributed by atoms with Gasteiger partial charge in [-0.2, -0.15) is 0 Å². The van der Waals surface area contributed by atoms with Gasteiger partial charge in [0.2, 0.25) is 0 Å². The Balaban J connectivity index is 2.48. The van der Waals surface area contributed by atoms with Crippen LogP contribution in [0.5, 0.6) is 0 Å². The first kappa shape index (κ1) is 14.6. The van der Waals surface area contributed by atoms with Gasteiger partial charge in [-0.15, -0.1) is 0 Å². The fourth-order valence-corrected chi connectivity index (χ4v) is 1.68. The molecule has 0 aliphatic rings. The summed E-state index contributed by atoms with van der Waals surface area (Å²) in [6, 6.07) is 9.34. The number of aliphatic hydroxyl groups is 1. The molecular weight excluding hydrogens is 232 g/mol. The van der Waals surface area contributed by atoms with Gasteiger partial charge < -0.3 is 20.9 Å². The van der Waals surface area contributed by atoms with Crippen LogP contribution in [0, 0.1) is 5.92 Å². The van der Waals surface area contributed by atoms with E-state index in [-0.39, 0.29) is 18.4 Å². The van der Waals surface area contributed by atoms with E-state index < -0.39 is 6.10 Å². The van der Waals surface area contributed by atoms with Crippen molar-refractivity contribution in [1.82, 2.24) is 5.32 Å². The second kappa shape index (κ2) is 7.81. The quantitative estimate of drug-likeness (QED) is 0.597. The average molecular weight is 252 g/mol.